The van der Waals surface area contributed by atoms with Crippen molar-refractivity contribution in [2.45, 2.75) is 51.7 Å². The molecule has 2 heterocycles. The number of hydrogen-bond acceptors (Lipinski definition) is 8. The molecule has 9 nitrogen and oxygen atoms in total. The lowest BCUT2D eigenvalue weighted by molar-refractivity contribution is 0.0380. The van der Waals surface area contributed by atoms with Gasteiger partial charge in [-0.25, -0.2) is 19.0 Å². The number of nitriles is 1. The summed E-state index contributed by atoms with van der Waals surface area (Å²) in [6, 6.07) is 6.44. The number of nitrogens with zero attached hydrogens (tertiary/aromatic N) is 8. The molecular formula is C23H25FN8O. The van der Waals surface area contributed by atoms with Crippen LogP contribution in [-0.2, 0) is 0 Å². The third-order valence-electron chi connectivity index (χ3n) is 7.32. The van der Waals surface area contributed by atoms with Crippen LogP contribution in [-0.4, -0.2) is 54.3 Å². The summed E-state index contributed by atoms with van der Waals surface area (Å²) in [5.74, 6) is 0.739. The average Bonchev–Trinajstić information content (AvgIpc) is 3.39. The van der Waals surface area contributed by atoms with Crippen LogP contribution in [0.25, 0.3) is 17.1 Å². The number of anilines is 1. The van der Waals surface area contributed by atoms with Gasteiger partial charge in [-0.1, -0.05) is 13.8 Å². The molecule has 5 rings (SSSR count). The topological polar surface area (TPSA) is 117 Å². The van der Waals surface area contributed by atoms with Crippen LogP contribution in [0.3, 0.4) is 0 Å². The fraction of sp³-hybridized carbons (Fsp3) is 0.478. The quantitative estimate of drug-likeness (QED) is 0.645. The van der Waals surface area contributed by atoms with Crippen LogP contribution in [0.1, 0.15) is 45.4 Å². The maximum atomic E-state index is 15.5. The van der Waals surface area contributed by atoms with Crippen molar-refractivity contribution in [1.82, 2.24) is 29.9 Å². The molecule has 10 heteroatoms. The van der Waals surface area contributed by atoms with E-state index in [-0.39, 0.29) is 34.3 Å². The lowest BCUT2D eigenvalue weighted by atomic mass is 9.67. The molecule has 0 spiro atoms. The molecule has 2 saturated carbocycles. The Morgan fingerprint density at radius 1 is 1.24 bits per heavy atom. The average molecular weight is 449 g/mol. The van der Waals surface area contributed by atoms with Crippen LogP contribution < -0.4 is 4.90 Å². The van der Waals surface area contributed by atoms with Crippen molar-refractivity contribution in [3.63, 3.8) is 0 Å². The van der Waals surface area contributed by atoms with Crippen LogP contribution in [0, 0.1) is 22.2 Å². The maximum absolute atomic E-state index is 15.5. The van der Waals surface area contributed by atoms with Crippen molar-refractivity contribution < 1.29 is 9.50 Å². The highest BCUT2D eigenvalue weighted by Crippen LogP contribution is 2.59. The highest BCUT2D eigenvalue weighted by molar-refractivity contribution is 5.66. The Morgan fingerprint density at radius 3 is 2.73 bits per heavy atom. The number of rotatable bonds is 4. The Hall–Kier alpha value is -3.61. The Bertz CT molecular complexity index is 1240. The monoisotopic (exact) mass is 448 g/mol. The molecule has 0 saturated heterocycles. The van der Waals surface area contributed by atoms with Gasteiger partial charge in [0, 0.05) is 18.5 Å². The van der Waals surface area contributed by atoms with E-state index in [1.54, 1.807) is 18.3 Å². The Kier molecular flexibility index (Phi) is 4.81. The third-order valence-corrected chi connectivity index (χ3v) is 7.32. The number of fused-ring (bicyclic) bond motifs is 2. The smallest absolute Gasteiger partial charge is 0.252 e. The summed E-state index contributed by atoms with van der Waals surface area (Å²) in [7, 11) is 1.85. The van der Waals surface area contributed by atoms with Crippen molar-refractivity contribution in [2.75, 3.05) is 11.9 Å². The SMILES string of the molecule is CN(c1cnc(-c2ccc(-n3cnc(C#N)n3)cc2O)nn1)[C@H]1C[C@]2(C)CC[C@@](C)(C2)[C@H]1F. The molecule has 2 fully saturated rings. The highest BCUT2D eigenvalue weighted by atomic mass is 19.1. The summed E-state index contributed by atoms with van der Waals surface area (Å²) in [5.41, 5.74) is 0.804. The van der Waals surface area contributed by atoms with Gasteiger partial charge in [0.15, 0.2) is 11.6 Å². The fourth-order valence-electron chi connectivity index (χ4n) is 5.57. The van der Waals surface area contributed by atoms with Gasteiger partial charge >= 0.3 is 0 Å². The molecule has 0 aliphatic heterocycles. The second kappa shape index (κ2) is 7.47. The van der Waals surface area contributed by atoms with Gasteiger partial charge in [-0.05, 0) is 43.2 Å². The molecule has 33 heavy (non-hydrogen) atoms. The van der Waals surface area contributed by atoms with Gasteiger partial charge < -0.3 is 10.0 Å². The highest BCUT2D eigenvalue weighted by Gasteiger charge is 2.56. The molecule has 2 aliphatic rings. The Morgan fingerprint density at radius 2 is 2.06 bits per heavy atom. The number of halogens is 1. The zero-order valence-corrected chi connectivity index (χ0v) is 18.8. The standard InChI is InChI=1S/C23H25FN8O/c1-22-6-7-23(2,12-22)20(24)16(9-22)31(3)19-11-26-21(29-28-19)15-5-4-14(8-17(15)33)32-13-27-18(10-25)30-32/h4-5,8,11,13,16,20,33H,6-7,9,12H2,1-3H3/t16-,20-,22-,23-/m0/s1. The van der Waals surface area contributed by atoms with E-state index < -0.39 is 6.17 Å². The molecule has 1 N–H and O–H groups in total. The molecule has 1 aromatic carbocycles. The summed E-state index contributed by atoms with van der Waals surface area (Å²) < 4.78 is 16.9. The van der Waals surface area contributed by atoms with Gasteiger partial charge in [-0.3, -0.25) is 0 Å². The van der Waals surface area contributed by atoms with Crippen LogP contribution >= 0.6 is 0 Å². The van der Waals surface area contributed by atoms with E-state index in [0.29, 0.717) is 17.1 Å². The summed E-state index contributed by atoms with van der Waals surface area (Å²) in [5, 5.41) is 31.9. The van der Waals surface area contributed by atoms with Crippen LogP contribution in [0.2, 0.25) is 0 Å². The number of benzene rings is 1. The molecule has 170 valence electrons. The van der Waals surface area contributed by atoms with Crippen LogP contribution in [0.15, 0.2) is 30.7 Å². The predicted molar refractivity (Wildman–Crippen MR) is 118 cm³/mol. The first-order valence-electron chi connectivity index (χ1n) is 10.9. The number of aromatic nitrogens is 6. The molecule has 2 bridgehead atoms. The van der Waals surface area contributed by atoms with Crippen LogP contribution in [0.4, 0.5) is 10.2 Å². The van der Waals surface area contributed by atoms with Crippen molar-refractivity contribution in [2.24, 2.45) is 10.8 Å². The van der Waals surface area contributed by atoms with E-state index in [1.807, 2.05) is 18.0 Å². The minimum absolute atomic E-state index is 0.0373. The fourth-order valence-corrected chi connectivity index (χ4v) is 5.57. The van der Waals surface area contributed by atoms with E-state index in [9.17, 15) is 5.11 Å². The van der Waals surface area contributed by atoms with E-state index in [2.05, 4.69) is 39.1 Å². The molecule has 2 aliphatic carbocycles. The van der Waals surface area contributed by atoms with E-state index in [0.717, 1.165) is 25.7 Å². The first-order chi connectivity index (χ1) is 15.7. The van der Waals surface area contributed by atoms with Crippen molar-refractivity contribution in [3.05, 3.63) is 36.5 Å². The Balaban J connectivity index is 1.37. The van der Waals surface area contributed by atoms with Crippen molar-refractivity contribution in [1.29, 1.82) is 5.26 Å². The van der Waals surface area contributed by atoms with Gasteiger partial charge in [0.2, 0.25) is 0 Å². The first-order valence-corrected chi connectivity index (χ1v) is 10.9. The van der Waals surface area contributed by atoms with E-state index in [1.165, 1.54) is 17.1 Å². The zero-order valence-electron chi connectivity index (χ0n) is 18.8. The molecule has 0 radical (unpaired) electrons. The number of alkyl halides is 1. The van der Waals surface area contributed by atoms with Gasteiger partial charge in [0.25, 0.3) is 5.82 Å². The Labute approximate surface area is 190 Å². The summed E-state index contributed by atoms with van der Waals surface area (Å²) in [6.07, 6.45) is 5.71. The molecule has 2 aromatic heterocycles. The number of phenolic OH excluding ortho intramolecular Hbond substituents is 1. The van der Waals surface area contributed by atoms with Gasteiger partial charge in [0.05, 0.1) is 23.5 Å². The third kappa shape index (κ3) is 3.57. The van der Waals surface area contributed by atoms with Gasteiger partial charge in [0.1, 0.15) is 24.3 Å². The molecule has 0 amide bonds. The normalized spacial score (nSPS) is 28.5. The largest absolute Gasteiger partial charge is 0.507 e. The first kappa shape index (κ1) is 21.2. The molecular weight excluding hydrogens is 423 g/mol. The number of hydrogen-bond donors (Lipinski definition) is 1. The van der Waals surface area contributed by atoms with Gasteiger partial charge in [-0.2, -0.15) is 5.26 Å². The number of phenols is 1. The zero-order chi connectivity index (χ0) is 23.4. The van der Waals surface area contributed by atoms with Crippen LogP contribution in [0.5, 0.6) is 5.75 Å². The van der Waals surface area contributed by atoms with Crippen molar-refractivity contribution in [3.8, 4) is 28.9 Å². The number of aromatic hydroxyl groups is 1. The summed E-state index contributed by atoms with van der Waals surface area (Å²) >= 11 is 0. The minimum Gasteiger partial charge on any atom is -0.507 e. The van der Waals surface area contributed by atoms with E-state index >= 15 is 4.39 Å². The predicted octanol–water partition coefficient (Wildman–Crippen LogP) is 3.44. The second-order valence-corrected chi connectivity index (χ2v) is 9.89. The summed E-state index contributed by atoms with van der Waals surface area (Å²) in [6.45, 7) is 4.31. The molecule has 3 aromatic rings. The lowest BCUT2D eigenvalue weighted by Crippen LogP contribution is -2.52. The molecule has 0 unspecified atom stereocenters. The maximum Gasteiger partial charge on any atom is 0.252 e. The summed E-state index contributed by atoms with van der Waals surface area (Å²) in [4.78, 5) is 10.1. The second-order valence-electron chi connectivity index (χ2n) is 9.89. The molecule has 4 atom stereocenters. The minimum atomic E-state index is -0.936. The van der Waals surface area contributed by atoms with Crippen molar-refractivity contribution >= 4 is 5.82 Å². The lowest BCUT2D eigenvalue weighted by Gasteiger charge is -2.46. The van der Waals surface area contributed by atoms with E-state index in [4.69, 9.17) is 5.26 Å². The van der Waals surface area contributed by atoms with Gasteiger partial charge in [-0.15, -0.1) is 15.3 Å².